The number of guanidine groups is 1. The molecular weight excluding hydrogens is 744 g/mol. The molecule has 4 aliphatic rings. The summed E-state index contributed by atoms with van der Waals surface area (Å²) in [5.41, 5.74) is 2.49. The van der Waals surface area contributed by atoms with Gasteiger partial charge in [0.25, 0.3) is 17.4 Å². The number of aliphatic imine (C=N–C) groups is 1. The minimum atomic E-state index is -0.641. The van der Waals surface area contributed by atoms with Gasteiger partial charge in [-0.05, 0) is 80.1 Å². The van der Waals surface area contributed by atoms with Crippen LogP contribution < -0.4 is 36.3 Å². The summed E-state index contributed by atoms with van der Waals surface area (Å²) < 4.78 is 19.2. The maximum atomic E-state index is 12.9. The van der Waals surface area contributed by atoms with E-state index in [0.29, 0.717) is 48.0 Å². The van der Waals surface area contributed by atoms with Gasteiger partial charge in [0.15, 0.2) is 24.5 Å². The van der Waals surface area contributed by atoms with Crippen LogP contribution in [0.3, 0.4) is 0 Å². The fourth-order valence-electron chi connectivity index (χ4n) is 7.25. The van der Waals surface area contributed by atoms with Crippen LogP contribution in [0.25, 0.3) is 10.9 Å². The lowest BCUT2D eigenvalue weighted by atomic mass is 10.0. The average molecular weight is 789 g/mol. The van der Waals surface area contributed by atoms with E-state index >= 15 is 0 Å². The van der Waals surface area contributed by atoms with Gasteiger partial charge in [-0.15, -0.1) is 0 Å². The second-order valence-corrected chi connectivity index (χ2v) is 14.5. The van der Waals surface area contributed by atoms with Gasteiger partial charge in [-0.1, -0.05) is 11.6 Å². The summed E-state index contributed by atoms with van der Waals surface area (Å²) in [6.45, 7) is 2.72. The maximum Gasteiger partial charge on any atom is 0.293 e. The first-order valence-corrected chi connectivity index (χ1v) is 19.2. The third-order valence-electron chi connectivity index (χ3n) is 10.4. The Morgan fingerprint density at radius 1 is 1.00 bits per heavy atom. The molecule has 4 aliphatic heterocycles. The standard InChI is InChI=1S/C39H45ClN8O8/c1-41-34(50)22-56-32-19-23-17-25(5-8-30(23)46(2)38(32)53)43-35-29(40)20-42-39(45-35)47-13-11-26(12-14-47)54-15-3-4-16-55-27-6-7-28-24(18-27)21-48(37(28)52)31-9-10-33(49)44-36(31)51/h5-8,17-20,26,31,35,43H,3-4,9-16,21-22H2,1-2H3,(H,41,50)(H,42,45)(H,44,49,51). The first-order valence-electron chi connectivity index (χ1n) is 18.8. The van der Waals surface area contributed by atoms with E-state index in [0.717, 1.165) is 61.4 Å². The number of carbonyl (C=O) groups excluding carboxylic acids is 4. The quantitative estimate of drug-likeness (QED) is 0.148. The Morgan fingerprint density at radius 3 is 2.59 bits per heavy atom. The Kier molecular flexibility index (Phi) is 11.8. The molecule has 0 radical (unpaired) electrons. The molecule has 4 amide bonds. The number of nitrogens with zero attached hydrogens (tertiary/aromatic N) is 4. The summed E-state index contributed by atoms with van der Waals surface area (Å²) in [5.74, 6) is 0.204. The van der Waals surface area contributed by atoms with Crippen molar-refractivity contribution in [2.45, 2.75) is 63.4 Å². The fraction of sp³-hybridized carbons (Fsp3) is 0.436. The largest absolute Gasteiger partial charge is 0.494 e. The number of likely N-dealkylation sites (N-methyl/N-ethyl adjacent to an activating group) is 1. The Labute approximate surface area is 328 Å². The number of amides is 4. The van der Waals surface area contributed by atoms with Gasteiger partial charge >= 0.3 is 0 Å². The van der Waals surface area contributed by atoms with Crippen molar-refractivity contribution >= 4 is 57.8 Å². The number of hydrogen-bond donors (Lipinski definition) is 4. The number of ether oxygens (including phenoxy) is 3. The number of aryl methyl sites for hydroxylation is 1. The topological polar surface area (TPSA) is 185 Å². The number of rotatable bonds is 13. The summed E-state index contributed by atoms with van der Waals surface area (Å²) in [5, 5.41) is 12.6. The van der Waals surface area contributed by atoms with E-state index in [1.54, 1.807) is 31.4 Å². The molecule has 0 spiro atoms. The van der Waals surface area contributed by atoms with Crippen molar-refractivity contribution in [1.82, 2.24) is 30.3 Å². The number of carbonyl (C=O) groups is 4. The molecule has 2 fully saturated rings. The van der Waals surface area contributed by atoms with E-state index in [-0.39, 0.29) is 48.2 Å². The number of benzene rings is 2. The van der Waals surface area contributed by atoms with E-state index in [2.05, 4.69) is 26.2 Å². The molecule has 16 nitrogen and oxygen atoms in total. The van der Waals surface area contributed by atoms with Gasteiger partial charge in [0.05, 0.1) is 23.3 Å². The normalized spacial score (nSPS) is 19.9. The number of pyridine rings is 1. The summed E-state index contributed by atoms with van der Waals surface area (Å²) in [6, 6.07) is 11.9. The minimum Gasteiger partial charge on any atom is -0.494 e. The number of piperidine rings is 2. The Morgan fingerprint density at radius 2 is 1.80 bits per heavy atom. The monoisotopic (exact) mass is 788 g/mol. The van der Waals surface area contributed by atoms with Crippen LogP contribution in [0.15, 0.2) is 63.5 Å². The summed E-state index contributed by atoms with van der Waals surface area (Å²) >= 11 is 6.57. The molecule has 0 saturated carbocycles. The van der Waals surface area contributed by atoms with Gasteiger partial charge in [-0.3, -0.25) is 29.3 Å². The lowest BCUT2D eigenvalue weighted by molar-refractivity contribution is -0.137. The van der Waals surface area contributed by atoms with Crippen molar-refractivity contribution in [1.29, 1.82) is 0 Å². The summed E-state index contributed by atoms with van der Waals surface area (Å²) in [7, 11) is 3.16. The lowest BCUT2D eigenvalue weighted by Gasteiger charge is -2.35. The first kappa shape index (κ1) is 38.7. The van der Waals surface area contributed by atoms with E-state index in [9.17, 15) is 24.0 Å². The van der Waals surface area contributed by atoms with Crippen LogP contribution in [0.2, 0.25) is 0 Å². The van der Waals surface area contributed by atoms with Crippen LogP contribution in [0, 0.1) is 0 Å². The molecular formula is C39H45ClN8O8. The molecule has 2 saturated heterocycles. The highest BCUT2D eigenvalue weighted by Crippen LogP contribution is 2.30. The lowest BCUT2D eigenvalue weighted by Crippen LogP contribution is -2.52. The molecule has 2 aromatic carbocycles. The highest BCUT2D eigenvalue weighted by Gasteiger charge is 2.39. The SMILES string of the molecule is CNC(=O)COc1cc2cc(NC3N=C(N4CCC(OCCCCOc5ccc6c(c5)CN(C5CCC(=O)NC5=O)C6=O)CC4)NC=C3Cl)ccc2n(C)c1=O. The van der Waals surface area contributed by atoms with E-state index in [4.69, 9.17) is 30.8 Å². The van der Waals surface area contributed by atoms with Gasteiger partial charge in [0, 0.05) is 69.6 Å². The maximum absolute atomic E-state index is 12.9. The highest BCUT2D eigenvalue weighted by molar-refractivity contribution is 6.30. The molecule has 2 atom stereocenters. The van der Waals surface area contributed by atoms with Gasteiger partial charge in [-0.25, -0.2) is 4.99 Å². The van der Waals surface area contributed by atoms with Crippen molar-refractivity contribution in [3.63, 3.8) is 0 Å². The van der Waals surface area contributed by atoms with Crippen LogP contribution in [0.4, 0.5) is 5.69 Å². The number of likely N-dealkylation sites (tertiary alicyclic amines) is 1. The predicted molar refractivity (Wildman–Crippen MR) is 208 cm³/mol. The zero-order valence-corrected chi connectivity index (χ0v) is 32.0. The fourth-order valence-corrected chi connectivity index (χ4v) is 7.40. The zero-order chi connectivity index (χ0) is 39.3. The Balaban J connectivity index is 0.838. The number of hydrogen-bond acceptors (Lipinski definition) is 12. The van der Waals surface area contributed by atoms with Crippen LogP contribution in [-0.4, -0.2) is 102 Å². The molecule has 2 unspecified atom stereocenters. The van der Waals surface area contributed by atoms with E-state index in [1.165, 1.54) is 16.5 Å². The number of aromatic nitrogens is 1. The predicted octanol–water partition coefficient (Wildman–Crippen LogP) is 2.54. The molecule has 17 heteroatoms. The van der Waals surface area contributed by atoms with Crippen molar-refractivity contribution in [3.05, 3.63) is 75.2 Å². The average Bonchev–Trinajstić information content (AvgIpc) is 3.52. The van der Waals surface area contributed by atoms with Gasteiger partial charge in [0.2, 0.25) is 11.8 Å². The molecule has 3 aromatic rings. The third-order valence-corrected chi connectivity index (χ3v) is 10.7. The molecule has 296 valence electrons. The molecule has 56 heavy (non-hydrogen) atoms. The molecule has 1 aromatic heterocycles. The Bertz CT molecular complexity index is 2150. The number of unbranched alkanes of at least 4 members (excludes halogenated alkanes) is 1. The zero-order valence-electron chi connectivity index (χ0n) is 31.3. The number of imide groups is 1. The summed E-state index contributed by atoms with van der Waals surface area (Å²) in [6.07, 6.45) is 5.26. The summed E-state index contributed by atoms with van der Waals surface area (Å²) in [4.78, 5) is 69.8. The van der Waals surface area contributed by atoms with Crippen LogP contribution in [0.5, 0.6) is 11.5 Å². The van der Waals surface area contributed by atoms with Crippen LogP contribution in [0.1, 0.15) is 54.4 Å². The second kappa shape index (κ2) is 17.0. The second-order valence-electron chi connectivity index (χ2n) is 14.1. The molecule has 0 bridgehead atoms. The molecule has 0 aliphatic carbocycles. The van der Waals surface area contributed by atoms with Gasteiger partial charge in [-0.2, -0.15) is 0 Å². The van der Waals surface area contributed by atoms with Gasteiger partial charge in [0.1, 0.15) is 11.8 Å². The number of nitrogens with one attached hydrogen (secondary N) is 4. The van der Waals surface area contributed by atoms with Gasteiger partial charge < -0.3 is 44.5 Å². The van der Waals surface area contributed by atoms with Crippen molar-refractivity contribution in [2.24, 2.45) is 12.0 Å². The van der Waals surface area contributed by atoms with Crippen molar-refractivity contribution in [3.8, 4) is 11.5 Å². The van der Waals surface area contributed by atoms with E-state index < -0.39 is 18.1 Å². The van der Waals surface area contributed by atoms with Crippen LogP contribution in [-0.2, 0) is 32.7 Å². The van der Waals surface area contributed by atoms with E-state index in [1.807, 2.05) is 24.3 Å². The third kappa shape index (κ3) is 8.60. The molecule has 4 N–H and O–H groups in total. The number of fused-ring (bicyclic) bond motifs is 2. The van der Waals surface area contributed by atoms with Crippen LogP contribution >= 0.6 is 11.6 Å². The first-order chi connectivity index (χ1) is 27.1. The van der Waals surface area contributed by atoms with Crippen molar-refractivity contribution < 1.29 is 33.4 Å². The minimum absolute atomic E-state index is 0.0809. The number of halogens is 1. The van der Waals surface area contributed by atoms with Crippen molar-refractivity contribution in [2.75, 3.05) is 45.3 Å². The Hall–Kier alpha value is -5.61. The highest BCUT2D eigenvalue weighted by atomic mass is 35.5. The smallest absolute Gasteiger partial charge is 0.293 e. The molecule has 5 heterocycles. The number of anilines is 1. The molecule has 7 rings (SSSR count).